The topological polar surface area (TPSA) is 69.4 Å². The van der Waals surface area contributed by atoms with Gasteiger partial charge < -0.3 is 14.2 Å². The number of aryl methyl sites for hydroxylation is 1. The van der Waals surface area contributed by atoms with Crippen LogP contribution in [0.3, 0.4) is 0 Å². The molecule has 3 heterocycles. The highest BCUT2D eigenvalue weighted by atomic mass is 16.5. The number of hydrogen-bond acceptors (Lipinski definition) is 5. The zero-order valence-electron chi connectivity index (χ0n) is 17.3. The summed E-state index contributed by atoms with van der Waals surface area (Å²) in [6.07, 6.45) is 4.34. The molecule has 0 aliphatic rings. The molecule has 7 heteroatoms. The van der Waals surface area contributed by atoms with Crippen molar-refractivity contribution in [2.45, 2.75) is 13.0 Å². The van der Waals surface area contributed by atoms with Crippen molar-refractivity contribution in [1.29, 1.82) is 0 Å². The average Bonchev–Trinajstić information content (AvgIpc) is 2.75. The molecular formula is C23H24N4O3. The summed E-state index contributed by atoms with van der Waals surface area (Å²) in [5.41, 5.74) is 1.55. The highest BCUT2D eigenvalue weighted by Crippen LogP contribution is 2.17. The number of methoxy groups -OCH3 is 1. The van der Waals surface area contributed by atoms with E-state index in [2.05, 4.69) is 9.88 Å². The first-order valence-corrected chi connectivity index (χ1v) is 9.82. The first-order valence-electron chi connectivity index (χ1n) is 9.82. The third-order valence-corrected chi connectivity index (χ3v) is 5.17. The van der Waals surface area contributed by atoms with Crippen LogP contribution in [0.1, 0.15) is 6.42 Å². The monoisotopic (exact) mass is 404 g/mol. The van der Waals surface area contributed by atoms with E-state index < -0.39 is 0 Å². The van der Waals surface area contributed by atoms with Gasteiger partial charge in [-0.1, -0.05) is 0 Å². The molecule has 3 aromatic heterocycles. The first kappa shape index (κ1) is 19.8. The molecule has 4 rings (SSSR count). The highest BCUT2D eigenvalue weighted by molar-refractivity contribution is 5.91. The molecule has 0 saturated carbocycles. The van der Waals surface area contributed by atoms with Gasteiger partial charge >= 0.3 is 0 Å². The zero-order valence-corrected chi connectivity index (χ0v) is 17.3. The van der Waals surface area contributed by atoms with Crippen LogP contribution in [0.25, 0.3) is 27.5 Å². The van der Waals surface area contributed by atoms with Gasteiger partial charge in [-0.3, -0.25) is 14.2 Å². The molecule has 0 unspecified atom stereocenters. The fourth-order valence-corrected chi connectivity index (χ4v) is 3.54. The molecule has 0 aliphatic heterocycles. The van der Waals surface area contributed by atoms with E-state index in [0.29, 0.717) is 28.4 Å². The number of fused-ring (bicyclic) bond motifs is 2. The van der Waals surface area contributed by atoms with E-state index in [1.807, 2.05) is 32.3 Å². The van der Waals surface area contributed by atoms with Crippen LogP contribution in [-0.2, 0) is 6.54 Å². The number of nitrogens with zero attached hydrogens (tertiary/aromatic N) is 4. The molecule has 0 atom stereocenters. The summed E-state index contributed by atoms with van der Waals surface area (Å²) < 4.78 is 8.42. The van der Waals surface area contributed by atoms with Crippen molar-refractivity contribution >= 4 is 21.8 Å². The predicted octanol–water partition coefficient (Wildman–Crippen LogP) is 2.66. The minimum absolute atomic E-state index is 0.125. The second-order valence-corrected chi connectivity index (χ2v) is 7.51. The van der Waals surface area contributed by atoms with Crippen LogP contribution >= 0.6 is 0 Å². The van der Waals surface area contributed by atoms with Crippen molar-refractivity contribution in [2.75, 3.05) is 27.7 Å². The van der Waals surface area contributed by atoms with E-state index in [4.69, 9.17) is 4.74 Å². The van der Waals surface area contributed by atoms with Gasteiger partial charge in [0.15, 0.2) is 0 Å². The zero-order chi connectivity index (χ0) is 21.3. The maximum Gasteiger partial charge on any atom is 0.264 e. The molecule has 4 aromatic rings. The van der Waals surface area contributed by atoms with Crippen LogP contribution in [0.5, 0.6) is 5.75 Å². The SMILES string of the molecule is COc1ccc(-n2ccc3nc4ccn(CCCN(C)C)c(=O)c4cc3c2=O)cc1. The first-order chi connectivity index (χ1) is 14.5. The second-order valence-electron chi connectivity index (χ2n) is 7.51. The van der Waals surface area contributed by atoms with Crippen molar-refractivity contribution in [3.8, 4) is 11.4 Å². The summed E-state index contributed by atoms with van der Waals surface area (Å²) in [6, 6.07) is 12.5. The summed E-state index contributed by atoms with van der Waals surface area (Å²) in [5.74, 6) is 0.718. The van der Waals surface area contributed by atoms with Crippen molar-refractivity contribution in [3.63, 3.8) is 0 Å². The number of aromatic nitrogens is 3. The van der Waals surface area contributed by atoms with Gasteiger partial charge in [0.05, 0.1) is 28.9 Å². The molecule has 0 N–H and O–H groups in total. The third kappa shape index (κ3) is 3.71. The molecular weight excluding hydrogens is 380 g/mol. The van der Waals surface area contributed by atoms with E-state index in [9.17, 15) is 9.59 Å². The largest absolute Gasteiger partial charge is 0.497 e. The average molecular weight is 404 g/mol. The Morgan fingerprint density at radius 2 is 1.60 bits per heavy atom. The molecule has 0 bridgehead atoms. The number of ether oxygens (including phenoxy) is 1. The van der Waals surface area contributed by atoms with Crippen molar-refractivity contribution in [1.82, 2.24) is 19.0 Å². The molecule has 7 nitrogen and oxygen atoms in total. The number of rotatable bonds is 6. The van der Waals surface area contributed by atoms with E-state index in [-0.39, 0.29) is 11.1 Å². The Balaban J connectivity index is 1.81. The Morgan fingerprint density at radius 3 is 2.27 bits per heavy atom. The van der Waals surface area contributed by atoms with E-state index in [1.54, 1.807) is 52.9 Å². The quantitative estimate of drug-likeness (QED) is 0.462. The minimum atomic E-state index is -0.213. The Kier molecular flexibility index (Phi) is 5.37. The van der Waals surface area contributed by atoms with Crippen molar-refractivity contribution in [2.24, 2.45) is 0 Å². The van der Waals surface area contributed by atoms with E-state index >= 15 is 0 Å². The molecule has 0 aliphatic carbocycles. The van der Waals surface area contributed by atoms with Gasteiger partial charge in [0.2, 0.25) is 0 Å². The summed E-state index contributed by atoms with van der Waals surface area (Å²) >= 11 is 0. The van der Waals surface area contributed by atoms with Crippen LogP contribution in [0.15, 0.2) is 64.4 Å². The van der Waals surface area contributed by atoms with Gasteiger partial charge in [-0.25, -0.2) is 4.98 Å². The van der Waals surface area contributed by atoms with E-state index in [0.717, 1.165) is 24.4 Å². The van der Waals surface area contributed by atoms with Gasteiger partial charge in [-0.05, 0) is 69.5 Å². The maximum atomic E-state index is 13.1. The summed E-state index contributed by atoms with van der Waals surface area (Å²) in [4.78, 5) is 32.8. The molecule has 0 saturated heterocycles. The van der Waals surface area contributed by atoms with Crippen LogP contribution in [-0.4, -0.2) is 46.8 Å². The Labute approximate surface area is 173 Å². The molecule has 30 heavy (non-hydrogen) atoms. The van der Waals surface area contributed by atoms with Crippen LogP contribution in [0.4, 0.5) is 0 Å². The number of benzene rings is 1. The number of hydrogen-bond donors (Lipinski definition) is 0. The predicted molar refractivity (Wildman–Crippen MR) is 119 cm³/mol. The lowest BCUT2D eigenvalue weighted by atomic mass is 10.2. The standard InChI is InChI=1S/C23H24N4O3/c1-25(2)11-4-12-26-13-9-20-18(22(26)28)15-19-21(24-20)10-14-27(23(19)29)16-5-7-17(30-3)8-6-16/h5-10,13-15H,4,11-12H2,1-3H3. The Hall–Kier alpha value is -3.45. The van der Waals surface area contributed by atoms with Gasteiger partial charge in [0, 0.05) is 24.6 Å². The minimum Gasteiger partial charge on any atom is -0.497 e. The number of pyridine rings is 3. The highest BCUT2D eigenvalue weighted by Gasteiger charge is 2.11. The fourth-order valence-electron chi connectivity index (χ4n) is 3.54. The van der Waals surface area contributed by atoms with Crippen molar-refractivity contribution in [3.05, 3.63) is 75.6 Å². The van der Waals surface area contributed by atoms with Crippen LogP contribution in [0, 0.1) is 0 Å². The summed E-state index contributed by atoms with van der Waals surface area (Å²) in [5, 5.41) is 0.878. The van der Waals surface area contributed by atoms with E-state index in [1.165, 1.54) is 0 Å². The molecule has 1 aromatic carbocycles. The van der Waals surface area contributed by atoms with Gasteiger partial charge in [-0.15, -0.1) is 0 Å². The lowest BCUT2D eigenvalue weighted by Gasteiger charge is -2.11. The van der Waals surface area contributed by atoms with Gasteiger partial charge in [0.1, 0.15) is 5.75 Å². The molecule has 0 fully saturated rings. The Bertz CT molecular complexity index is 1320. The second kappa shape index (κ2) is 8.12. The lowest BCUT2D eigenvalue weighted by Crippen LogP contribution is -2.23. The molecule has 0 amide bonds. The van der Waals surface area contributed by atoms with Crippen LogP contribution < -0.4 is 15.9 Å². The summed E-state index contributed by atoms with van der Waals surface area (Å²) in [6.45, 7) is 1.52. The van der Waals surface area contributed by atoms with Crippen molar-refractivity contribution < 1.29 is 4.74 Å². The lowest BCUT2D eigenvalue weighted by molar-refractivity contribution is 0.385. The normalized spacial score (nSPS) is 11.5. The molecule has 0 spiro atoms. The molecule has 154 valence electrons. The van der Waals surface area contributed by atoms with Crippen LogP contribution in [0.2, 0.25) is 0 Å². The van der Waals surface area contributed by atoms with Gasteiger partial charge in [0.25, 0.3) is 11.1 Å². The van der Waals surface area contributed by atoms with Gasteiger partial charge in [-0.2, -0.15) is 0 Å². The molecule has 0 radical (unpaired) electrons. The smallest absolute Gasteiger partial charge is 0.264 e. The Morgan fingerprint density at radius 1 is 0.933 bits per heavy atom. The third-order valence-electron chi connectivity index (χ3n) is 5.17. The maximum absolute atomic E-state index is 13.1. The fraction of sp³-hybridized carbons (Fsp3) is 0.261. The summed E-state index contributed by atoms with van der Waals surface area (Å²) in [7, 11) is 5.61.